The molecule has 2 aromatic carbocycles. The van der Waals surface area contributed by atoms with Crippen LogP contribution < -0.4 is 21.2 Å². The first-order valence-corrected chi connectivity index (χ1v) is 13.4. The molecule has 0 bridgehead atoms. The van der Waals surface area contributed by atoms with E-state index in [1.807, 2.05) is 0 Å². The van der Waals surface area contributed by atoms with Gasteiger partial charge >= 0.3 is 21.2 Å². The third kappa shape index (κ3) is 6.08. The van der Waals surface area contributed by atoms with Crippen LogP contribution in [0.5, 0.6) is 0 Å². The Morgan fingerprint density at radius 1 is 0.893 bits per heavy atom. The van der Waals surface area contributed by atoms with E-state index in [4.69, 9.17) is 0 Å². The lowest BCUT2D eigenvalue weighted by atomic mass is 9.68. The maximum atomic E-state index is 2.46. The highest BCUT2D eigenvalue weighted by Crippen LogP contribution is 2.41. The van der Waals surface area contributed by atoms with Crippen molar-refractivity contribution in [1.82, 2.24) is 0 Å². The molecule has 152 valence electrons. The monoisotopic (exact) mass is 489 g/mol. The number of aryl methyl sites for hydroxylation is 1. The Hall–Kier alpha value is -0.830. The van der Waals surface area contributed by atoms with Gasteiger partial charge in [-0.05, 0) is 92.0 Å². The minimum absolute atomic E-state index is 0.0547. The smallest absolute Gasteiger partial charge is 0.0625 e. The first-order valence-electron chi connectivity index (χ1n) is 11.2. The van der Waals surface area contributed by atoms with Gasteiger partial charge in [-0.25, -0.2) is 0 Å². The van der Waals surface area contributed by atoms with E-state index in [1.54, 1.807) is 0 Å². The van der Waals surface area contributed by atoms with E-state index in [9.17, 15) is 0 Å². The van der Waals surface area contributed by atoms with Crippen LogP contribution >= 0.6 is 0 Å². The average molecular weight is 490 g/mol. The van der Waals surface area contributed by atoms with Crippen LogP contribution in [0.3, 0.4) is 0 Å². The van der Waals surface area contributed by atoms with Crippen LogP contribution in [0.15, 0.2) is 48.5 Å². The molecule has 0 radical (unpaired) electrons. The molecule has 2 aromatic rings. The minimum atomic E-state index is -0.0547. The largest absolute Gasteiger partial charge is 0.357 e. The molecule has 1 saturated carbocycles. The Balaban J connectivity index is 1.55. The number of hydrogen-bond donors (Lipinski definition) is 0. The van der Waals surface area contributed by atoms with E-state index in [2.05, 4.69) is 83.1 Å². The Labute approximate surface area is 183 Å². The van der Waals surface area contributed by atoms with Crippen LogP contribution in [0, 0.1) is 37.7 Å². The van der Waals surface area contributed by atoms with E-state index in [0.29, 0.717) is 5.92 Å². The number of rotatable bonds is 7. The van der Waals surface area contributed by atoms with Gasteiger partial charge in [-0.1, -0.05) is 63.9 Å². The van der Waals surface area contributed by atoms with Gasteiger partial charge in [0, 0.05) is 0 Å². The third-order valence-electron chi connectivity index (χ3n) is 6.80. The molecule has 3 rings (SSSR count). The number of halogens is 1. The highest BCUT2D eigenvalue weighted by atomic mass is 127. The lowest BCUT2D eigenvalue weighted by Gasteiger charge is -2.38. The summed E-state index contributed by atoms with van der Waals surface area (Å²) in [5.41, 5.74) is 2.88. The van der Waals surface area contributed by atoms with Crippen molar-refractivity contribution in [2.45, 2.75) is 72.6 Å². The molecule has 4 atom stereocenters. The van der Waals surface area contributed by atoms with E-state index < -0.39 is 0 Å². The summed E-state index contributed by atoms with van der Waals surface area (Å²) in [6.07, 6.45) is 7.10. The molecule has 0 saturated heterocycles. The molecule has 1 fully saturated rings. The molecule has 1 aliphatic rings. The molecule has 28 heavy (non-hydrogen) atoms. The van der Waals surface area contributed by atoms with E-state index in [0.717, 1.165) is 23.7 Å². The van der Waals surface area contributed by atoms with Crippen LogP contribution in [0.25, 0.3) is 0 Å². The molecular formula is C27H38I+. The normalized spacial score (nSPS) is 23.7. The van der Waals surface area contributed by atoms with Gasteiger partial charge in [0.25, 0.3) is 0 Å². The molecule has 4 unspecified atom stereocenters. The summed E-state index contributed by atoms with van der Waals surface area (Å²) in [4.78, 5) is 0. The van der Waals surface area contributed by atoms with Crippen molar-refractivity contribution in [2.24, 2.45) is 23.7 Å². The molecule has 0 N–H and O–H groups in total. The molecule has 0 spiro atoms. The molecule has 0 heterocycles. The zero-order valence-corrected chi connectivity index (χ0v) is 20.6. The zero-order valence-electron chi connectivity index (χ0n) is 18.4. The zero-order chi connectivity index (χ0) is 20.1. The van der Waals surface area contributed by atoms with Crippen molar-refractivity contribution >= 4 is 0 Å². The molecule has 1 heteroatoms. The van der Waals surface area contributed by atoms with Gasteiger partial charge in [0.2, 0.25) is 0 Å². The first kappa shape index (κ1) is 21.9. The van der Waals surface area contributed by atoms with Crippen molar-refractivity contribution in [3.8, 4) is 0 Å². The van der Waals surface area contributed by atoms with Gasteiger partial charge in [0.15, 0.2) is 7.14 Å². The maximum absolute atomic E-state index is 2.46. The summed E-state index contributed by atoms with van der Waals surface area (Å²) >= 11 is -0.0547. The van der Waals surface area contributed by atoms with Gasteiger partial charge in [0.1, 0.15) is 0 Å². The summed E-state index contributed by atoms with van der Waals surface area (Å²) in [6.45, 7) is 11.9. The molecule has 0 nitrogen and oxygen atoms in total. The van der Waals surface area contributed by atoms with Crippen molar-refractivity contribution in [3.63, 3.8) is 0 Å². The summed E-state index contributed by atoms with van der Waals surface area (Å²) in [5.74, 6) is 4.35. The van der Waals surface area contributed by atoms with Crippen LogP contribution in [0.1, 0.15) is 76.8 Å². The molecule has 0 aliphatic heterocycles. The standard InChI is InChI=1S/C27H38I/c1-19(2)27-17-8-21(4)18-24(27)10-9-22(5)23-11-15-26(16-12-23)28-25-13-6-20(3)7-14-25/h6-7,11-16,19,21-22,24,27H,8-10,17-18H2,1-5H3/q+1. The van der Waals surface area contributed by atoms with Gasteiger partial charge in [-0.3, -0.25) is 0 Å². The summed E-state index contributed by atoms with van der Waals surface area (Å²) in [7, 11) is 0. The summed E-state index contributed by atoms with van der Waals surface area (Å²) in [6, 6.07) is 18.7. The number of benzene rings is 2. The fourth-order valence-corrected chi connectivity index (χ4v) is 7.10. The molecule has 0 amide bonds. The van der Waals surface area contributed by atoms with Crippen LogP contribution in [-0.2, 0) is 0 Å². The van der Waals surface area contributed by atoms with Crippen molar-refractivity contribution in [1.29, 1.82) is 0 Å². The lowest BCUT2D eigenvalue weighted by Crippen LogP contribution is -3.61. The second kappa shape index (κ2) is 10.3. The van der Waals surface area contributed by atoms with Gasteiger partial charge in [-0.15, -0.1) is 0 Å². The maximum Gasteiger partial charge on any atom is 0.357 e. The predicted molar refractivity (Wildman–Crippen MR) is 117 cm³/mol. The fourth-order valence-electron chi connectivity index (χ4n) is 4.94. The topological polar surface area (TPSA) is 0 Å². The lowest BCUT2D eigenvalue weighted by molar-refractivity contribution is -0.597. The highest BCUT2D eigenvalue weighted by Gasteiger charge is 2.30. The SMILES string of the molecule is Cc1ccc([I+]c2ccc(C(C)CCC3CC(C)CCC3C(C)C)cc2)cc1. The molecular weight excluding hydrogens is 451 g/mol. The molecule has 1 aliphatic carbocycles. The van der Waals surface area contributed by atoms with Gasteiger partial charge in [-0.2, -0.15) is 0 Å². The van der Waals surface area contributed by atoms with E-state index in [-0.39, 0.29) is 21.2 Å². The first-order chi connectivity index (χ1) is 13.4. The summed E-state index contributed by atoms with van der Waals surface area (Å²) < 4.78 is 3.04. The Morgan fingerprint density at radius 2 is 1.50 bits per heavy atom. The molecule has 0 aromatic heterocycles. The second-order valence-corrected chi connectivity index (χ2v) is 12.5. The number of hydrogen-bond acceptors (Lipinski definition) is 0. The Bertz CT molecular complexity index is 713. The summed E-state index contributed by atoms with van der Waals surface area (Å²) in [5, 5.41) is 0. The quantitative estimate of drug-likeness (QED) is 0.494. The Kier molecular flexibility index (Phi) is 8.02. The third-order valence-corrected chi connectivity index (χ3v) is 9.48. The van der Waals surface area contributed by atoms with Crippen LogP contribution in [0.2, 0.25) is 0 Å². The highest BCUT2D eigenvalue weighted by molar-refractivity contribution is 5.19. The van der Waals surface area contributed by atoms with Crippen molar-refractivity contribution in [2.75, 3.05) is 0 Å². The van der Waals surface area contributed by atoms with Crippen molar-refractivity contribution < 1.29 is 21.2 Å². The predicted octanol–water partition coefficient (Wildman–Crippen LogP) is 4.72. The average Bonchev–Trinajstić information content (AvgIpc) is 2.68. The van der Waals surface area contributed by atoms with Crippen LogP contribution in [-0.4, -0.2) is 0 Å². The van der Waals surface area contributed by atoms with Gasteiger partial charge < -0.3 is 0 Å². The minimum Gasteiger partial charge on any atom is -0.0625 e. The second-order valence-electron chi connectivity index (χ2n) is 9.51. The Morgan fingerprint density at radius 3 is 2.11 bits per heavy atom. The van der Waals surface area contributed by atoms with E-state index >= 15 is 0 Å². The van der Waals surface area contributed by atoms with Gasteiger partial charge in [0.05, 0.1) is 0 Å². The van der Waals surface area contributed by atoms with Crippen molar-refractivity contribution in [3.05, 3.63) is 66.8 Å². The fraction of sp³-hybridized carbons (Fsp3) is 0.556. The van der Waals surface area contributed by atoms with E-state index in [1.165, 1.54) is 50.4 Å². The van der Waals surface area contributed by atoms with Crippen LogP contribution in [0.4, 0.5) is 0 Å².